The van der Waals surface area contributed by atoms with Gasteiger partial charge in [0.25, 0.3) is 0 Å². The summed E-state index contributed by atoms with van der Waals surface area (Å²) in [5.74, 6) is 0.555. The summed E-state index contributed by atoms with van der Waals surface area (Å²) in [6.07, 6.45) is 7.35. The number of hydrogen-bond acceptors (Lipinski definition) is 7. The fourth-order valence-corrected chi connectivity index (χ4v) is 5.49. The molecule has 1 fully saturated rings. The number of hydrogen-bond donors (Lipinski definition) is 0. The van der Waals surface area contributed by atoms with Crippen LogP contribution in [-0.2, 0) is 16.0 Å². The topological polar surface area (TPSA) is 91.5 Å². The van der Waals surface area contributed by atoms with Crippen LogP contribution in [0.15, 0.2) is 42.9 Å². The van der Waals surface area contributed by atoms with E-state index in [2.05, 4.69) is 19.4 Å². The minimum Gasteiger partial charge on any atom is -0.465 e. The van der Waals surface area contributed by atoms with Crippen molar-refractivity contribution in [3.8, 4) is 0 Å². The van der Waals surface area contributed by atoms with Gasteiger partial charge in [0.05, 0.1) is 37.5 Å². The number of aryl methyl sites for hydroxylation is 1. The predicted molar refractivity (Wildman–Crippen MR) is 141 cm³/mol. The fourth-order valence-electron chi connectivity index (χ4n) is 5.49. The van der Waals surface area contributed by atoms with Crippen molar-refractivity contribution >= 4 is 33.7 Å². The summed E-state index contributed by atoms with van der Waals surface area (Å²) in [5.41, 5.74) is 3.83. The van der Waals surface area contributed by atoms with Gasteiger partial charge in [-0.3, -0.25) is 14.7 Å². The molecule has 194 valence electrons. The molecule has 1 aliphatic rings. The number of Topliss-reactive ketones (excluding diaryl/α,β-unsaturated/α-hetero) is 1. The Labute approximate surface area is 216 Å². The molecule has 0 unspecified atom stereocenters. The summed E-state index contributed by atoms with van der Waals surface area (Å²) in [6.45, 7) is 7.68. The quantitative estimate of drug-likeness (QED) is 0.193. The van der Waals surface area contributed by atoms with Crippen LogP contribution in [0.2, 0.25) is 0 Å². The number of aromatic nitrogens is 4. The largest absolute Gasteiger partial charge is 0.465 e. The van der Waals surface area contributed by atoms with Crippen LogP contribution in [0.25, 0.3) is 21.9 Å². The van der Waals surface area contributed by atoms with Crippen LogP contribution in [0, 0.1) is 6.92 Å². The number of piperidine rings is 1. The number of pyridine rings is 1. The van der Waals surface area contributed by atoms with Gasteiger partial charge in [-0.2, -0.15) is 0 Å². The fraction of sp³-hybridized carbons (Fsp3) is 0.429. The van der Waals surface area contributed by atoms with Crippen molar-refractivity contribution in [2.24, 2.45) is 0 Å². The van der Waals surface area contributed by atoms with E-state index in [1.807, 2.05) is 42.8 Å². The van der Waals surface area contributed by atoms with Gasteiger partial charge in [-0.25, -0.2) is 9.78 Å². The Morgan fingerprint density at radius 2 is 1.92 bits per heavy atom. The van der Waals surface area contributed by atoms with E-state index in [1.54, 1.807) is 18.5 Å². The molecule has 0 spiro atoms. The average molecular weight is 504 g/mol. The molecule has 5 rings (SSSR count). The first-order valence-corrected chi connectivity index (χ1v) is 12.8. The number of benzene rings is 1. The molecule has 1 aromatic carbocycles. The number of carbonyl (C=O) groups excluding carboxylic acids is 2. The van der Waals surface area contributed by atoms with E-state index in [0.717, 1.165) is 48.3 Å². The molecular formula is C28H33N5O4. The molecule has 1 saturated heterocycles. The third-order valence-electron chi connectivity index (χ3n) is 7.25. The van der Waals surface area contributed by atoms with Gasteiger partial charge in [-0.1, -0.05) is 6.07 Å². The molecule has 4 heterocycles. The highest BCUT2D eigenvalue weighted by atomic mass is 16.5. The summed E-state index contributed by atoms with van der Waals surface area (Å²) in [7, 11) is 1.36. The van der Waals surface area contributed by atoms with Crippen molar-refractivity contribution in [3.05, 3.63) is 59.8 Å². The number of methoxy groups -OCH3 is 1. The Bertz CT molecular complexity index is 1430. The normalized spacial score (nSPS) is 15.0. The number of nitrogens with zero attached hydrogens (tertiary/aromatic N) is 5. The van der Waals surface area contributed by atoms with Gasteiger partial charge < -0.3 is 18.6 Å². The van der Waals surface area contributed by atoms with Crippen molar-refractivity contribution in [2.75, 3.05) is 40.0 Å². The van der Waals surface area contributed by atoms with Gasteiger partial charge in [0.1, 0.15) is 11.3 Å². The summed E-state index contributed by atoms with van der Waals surface area (Å²) in [6, 6.07) is 7.83. The monoisotopic (exact) mass is 503 g/mol. The third-order valence-corrected chi connectivity index (χ3v) is 7.25. The van der Waals surface area contributed by atoms with Gasteiger partial charge in [0.15, 0.2) is 5.78 Å². The highest BCUT2D eigenvalue weighted by Crippen LogP contribution is 2.30. The number of likely N-dealkylation sites (tertiary alicyclic amines) is 1. The number of esters is 1. The maximum atomic E-state index is 13.6. The summed E-state index contributed by atoms with van der Waals surface area (Å²) >= 11 is 0. The Hall–Kier alpha value is -3.56. The van der Waals surface area contributed by atoms with Crippen molar-refractivity contribution in [1.82, 2.24) is 24.0 Å². The first-order valence-electron chi connectivity index (χ1n) is 12.8. The highest BCUT2D eigenvalue weighted by molar-refractivity contribution is 6.15. The van der Waals surface area contributed by atoms with Gasteiger partial charge in [-0.15, -0.1) is 0 Å². The molecule has 37 heavy (non-hydrogen) atoms. The van der Waals surface area contributed by atoms with Crippen molar-refractivity contribution in [1.29, 1.82) is 0 Å². The number of rotatable bonds is 9. The number of ketones is 1. The van der Waals surface area contributed by atoms with Crippen molar-refractivity contribution in [2.45, 2.75) is 39.3 Å². The molecule has 0 aliphatic carbocycles. The van der Waals surface area contributed by atoms with E-state index in [4.69, 9.17) is 9.47 Å². The molecule has 0 bridgehead atoms. The average Bonchev–Trinajstić information content (AvgIpc) is 3.46. The third kappa shape index (κ3) is 4.89. The molecule has 0 N–H and O–H groups in total. The van der Waals surface area contributed by atoms with Crippen LogP contribution in [-0.4, -0.2) is 75.7 Å². The van der Waals surface area contributed by atoms with E-state index in [0.29, 0.717) is 48.9 Å². The second-order valence-electron chi connectivity index (χ2n) is 9.45. The molecule has 0 amide bonds. The molecule has 0 radical (unpaired) electrons. The first kappa shape index (κ1) is 25.1. The lowest BCUT2D eigenvalue weighted by Crippen LogP contribution is -2.38. The lowest BCUT2D eigenvalue weighted by Gasteiger charge is -2.33. The van der Waals surface area contributed by atoms with Crippen LogP contribution in [0.4, 0.5) is 0 Å². The summed E-state index contributed by atoms with van der Waals surface area (Å²) in [4.78, 5) is 37.2. The lowest BCUT2D eigenvalue weighted by atomic mass is 10.0. The smallest absolute Gasteiger partial charge is 0.338 e. The number of imidazole rings is 1. The Morgan fingerprint density at radius 3 is 2.68 bits per heavy atom. The number of fused-ring (bicyclic) bond motifs is 2. The van der Waals surface area contributed by atoms with Crippen molar-refractivity contribution < 1.29 is 19.1 Å². The Kier molecular flexibility index (Phi) is 7.34. The molecule has 9 nitrogen and oxygen atoms in total. The zero-order valence-electron chi connectivity index (χ0n) is 21.6. The molecule has 0 saturated carbocycles. The SMILES string of the molecule is CCOCCn1cc(C(=O)CN2CCC(n3c(C)nc4cnccc43)CC2)c2c(C(=O)OC)cccc21. The number of carbonyl (C=O) groups is 2. The van der Waals surface area contributed by atoms with Gasteiger partial charge in [-0.05, 0) is 44.9 Å². The van der Waals surface area contributed by atoms with Gasteiger partial charge in [0, 0.05) is 61.1 Å². The van der Waals surface area contributed by atoms with Crippen LogP contribution >= 0.6 is 0 Å². The Balaban J connectivity index is 1.35. The minimum absolute atomic E-state index is 0.00491. The zero-order chi connectivity index (χ0) is 25.9. The van der Waals surface area contributed by atoms with Crippen LogP contribution in [0.3, 0.4) is 0 Å². The van der Waals surface area contributed by atoms with Gasteiger partial charge >= 0.3 is 5.97 Å². The second kappa shape index (κ2) is 10.8. The first-order chi connectivity index (χ1) is 18.0. The summed E-state index contributed by atoms with van der Waals surface area (Å²) in [5, 5.41) is 0.653. The molecule has 9 heteroatoms. The maximum absolute atomic E-state index is 13.6. The standard InChI is InChI=1S/C28H33N5O4/c1-4-37-15-14-32-17-22(27-21(28(35)36-3)6-5-7-25(27)32)26(34)18-31-12-9-20(10-13-31)33-19(2)30-23-16-29-11-8-24(23)33/h5-8,11,16-17,20H,4,9-10,12-15,18H2,1-3H3. The van der Waals surface area contributed by atoms with Crippen LogP contribution in [0.5, 0.6) is 0 Å². The second-order valence-corrected chi connectivity index (χ2v) is 9.45. The van der Waals surface area contributed by atoms with E-state index in [-0.39, 0.29) is 5.78 Å². The summed E-state index contributed by atoms with van der Waals surface area (Å²) < 4.78 is 14.9. The highest BCUT2D eigenvalue weighted by Gasteiger charge is 2.27. The Morgan fingerprint density at radius 1 is 1.11 bits per heavy atom. The minimum atomic E-state index is -0.443. The predicted octanol–water partition coefficient (Wildman–Crippen LogP) is 4.04. The lowest BCUT2D eigenvalue weighted by molar-refractivity contribution is 0.0603. The molecule has 1 aliphatic heterocycles. The maximum Gasteiger partial charge on any atom is 0.338 e. The molecular weight excluding hydrogens is 470 g/mol. The van der Waals surface area contributed by atoms with Gasteiger partial charge in [0.2, 0.25) is 0 Å². The van der Waals surface area contributed by atoms with E-state index < -0.39 is 5.97 Å². The van der Waals surface area contributed by atoms with E-state index in [9.17, 15) is 9.59 Å². The molecule has 3 aromatic heterocycles. The number of ether oxygens (including phenoxy) is 2. The van der Waals surface area contributed by atoms with E-state index >= 15 is 0 Å². The van der Waals surface area contributed by atoms with Crippen molar-refractivity contribution in [3.63, 3.8) is 0 Å². The van der Waals surface area contributed by atoms with Crippen LogP contribution < -0.4 is 0 Å². The van der Waals surface area contributed by atoms with Crippen LogP contribution in [0.1, 0.15) is 52.3 Å². The van der Waals surface area contributed by atoms with E-state index in [1.165, 1.54) is 7.11 Å². The zero-order valence-corrected chi connectivity index (χ0v) is 21.6. The molecule has 0 atom stereocenters. The molecule has 4 aromatic rings.